The number of nitrogens with zero attached hydrogens (tertiary/aromatic N) is 5. The lowest BCUT2D eigenvalue weighted by atomic mass is 9.88. The molecule has 30 heavy (non-hydrogen) atoms. The molecule has 2 atom stereocenters. The molecule has 3 aromatic rings. The Balaban J connectivity index is 1.63. The predicted molar refractivity (Wildman–Crippen MR) is 114 cm³/mol. The van der Waals surface area contributed by atoms with Crippen LogP contribution < -0.4 is 5.73 Å². The number of likely N-dealkylation sites (N-methyl/N-ethyl adjacent to an activating group) is 1. The van der Waals surface area contributed by atoms with E-state index in [1.807, 2.05) is 42.6 Å². The van der Waals surface area contributed by atoms with Crippen molar-refractivity contribution < 1.29 is 9.59 Å². The molecule has 3 heterocycles. The Bertz CT molecular complexity index is 1050. The van der Waals surface area contributed by atoms with Crippen LogP contribution in [0.3, 0.4) is 0 Å². The summed E-state index contributed by atoms with van der Waals surface area (Å²) in [7, 11) is 3.37. The Labute approximate surface area is 175 Å². The van der Waals surface area contributed by atoms with E-state index in [9.17, 15) is 9.59 Å². The van der Waals surface area contributed by atoms with Gasteiger partial charge in [-0.1, -0.05) is 24.3 Å². The van der Waals surface area contributed by atoms with Crippen LogP contribution in [0.25, 0.3) is 16.8 Å². The molecule has 0 aliphatic carbocycles. The first-order valence-electron chi connectivity index (χ1n) is 10.1. The molecule has 0 bridgehead atoms. The monoisotopic (exact) mass is 406 g/mol. The number of aromatic nitrogens is 3. The van der Waals surface area contributed by atoms with Crippen molar-refractivity contribution in [2.75, 3.05) is 27.2 Å². The van der Waals surface area contributed by atoms with Crippen molar-refractivity contribution in [3.05, 3.63) is 54.5 Å². The van der Waals surface area contributed by atoms with Gasteiger partial charge in [0, 0.05) is 38.9 Å². The first-order chi connectivity index (χ1) is 14.5. The van der Waals surface area contributed by atoms with Crippen LogP contribution in [-0.4, -0.2) is 69.4 Å². The van der Waals surface area contributed by atoms with Gasteiger partial charge in [0.2, 0.25) is 11.8 Å². The molecule has 2 unspecified atom stereocenters. The summed E-state index contributed by atoms with van der Waals surface area (Å²) in [6.07, 6.45) is 5.38. The zero-order valence-corrected chi connectivity index (χ0v) is 17.2. The van der Waals surface area contributed by atoms with Gasteiger partial charge >= 0.3 is 0 Å². The second-order valence-corrected chi connectivity index (χ2v) is 7.87. The van der Waals surface area contributed by atoms with Crippen molar-refractivity contribution in [2.45, 2.75) is 24.8 Å². The zero-order valence-electron chi connectivity index (χ0n) is 17.2. The van der Waals surface area contributed by atoms with Crippen molar-refractivity contribution in [2.24, 2.45) is 5.73 Å². The Hall–Kier alpha value is -3.26. The fraction of sp³-hybridized carbons (Fsp3) is 0.364. The lowest BCUT2D eigenvalue weighted by molar-refractivity contribution is -0.138. The molecule has 1 aliphatic rings. The number of carbonyl (C=O) groups excluding carboxylic acids is 2. The van der Waals surface area contributed by atoms with E-state index >= 15 is 0 Å². The number of pyridine rings is 1. The van der Waals surface area contributed by atoms with Crippen LogP contribution in [0.4, 0.5) is 0 Å². The standard InChI is InChI=1S/C22H26N6O2/c1-26(2)21(29)19(20(23)22(30)27-11-3-4-12-27)16-7-5-15(6-8-16)17-9-10-18-24-14-25-28(18)13-17/h5-10,13-14,19-20H,3-4,11-12,23H2,1-2H3. The average molecular weight is 406 g/mol. The minimum atomic E-state index is -0.907. The summed E-state index contributed by atoms with van der Waals surface area (Å²) >= 11 is 0. The van der Waals surface area contributed by atoms with Crippen molar-refractivity contribution in [3.8, 4) is 11.1 Å². The molecule has 156 valence electrons. The number of fused-ring (bicyclic) bond motifs is 1. The van der Waals surface area contributed by atoms with E-state index < -0.39 is 12.0 Å². The number of hydrogen-bond donors (Lipinski definition) is 1. The summed E-state index contributed by atoms with van der Waals surface area (Å²) in [5, 5.41) is 4.17. The van der Waals surface area contributed by atoms with Crippen molar-refractivity contribution >= 4 is 17.5 Å². The first-order valence-corrected chi connectivity index (χ1v) is 10.1. The quantitative estimate of drug-likeness (QED) is 0.693. The molecule has 8 nitrogen and oxygen atoms in total. The molecule has 8 heteroatoms. The second kappa shape index (κ2) is 8.23. The lowest BCUT2D eigenvalue weighted by Gasteiger charge is -2.28. The highest BCUT2D eigenvalue weighted by Crippen LogP contribution is 2.27. The van der Waals surface area contributed by atoms with Gasteiger partial charge in [0.15, 0.2) is 5.65 Å². The third-order valence-electron chi connectivity index (χ3n) is 5.65. The van der Waals surface area contributed by atoms with E-state index in [1.165, 1.54) is 11.2 Å². The highest BCUT2D eigenvalue weighted by atomic mass is 16.2. The van der Waals surface area contributed by atoms with E-state index in [1.54, 1.807) is 23.5 Å². The van der Waals surface area contributed by atoms with E-state index in [0.29, 0.717) is 13.1 Å². The SMILES string of the molecule is CN(C)C(=O)C(c1ccc(-c2ccc3ncnn3c2)cc1)C(N)C(=O)N1CCCC1. The van der Waals surface area contributed by atoms with Crippen LogP contribution in [0.2, 0.25) is 0 Å². The normalized spacial score (nSPS) is 15.9. The molecular formula is C22H26N6O2. The Morgan fingerprint density at radius 3 is 2.37 bits per heavy atom. The summed E-state index contributed by atoms with van der Waals surface area (Å²) < 4.78 is 1.71. The maximum absolute atomic E-state index is 12.9. The zero-order chi connectivity index (χ0) is 21.3. The fourth-order valence-corrected chi connectivity index (χ4v) is 3.94. The molecule has 1 saturated heterocycles. The minimum Gasteiger partial charge on any atom is -0.348 e. The molecule has 1 aliphatic heterocycles. The van der Waals surface area contributed by atoms with Crippen LogP contribution in [0.15, 0.2) is 48.9 Å². The number of nitrogens with two attached hydrogens (primary N) is 1. The molecular weight excluding hydrogens is 380 g/mol. The van der Waals surface area contributed by atoms with E-state index in [4.69, 9.17) is 5.73 Å². The van der Waals surface area contributed by atoms with Crippen LogP contribution in [0.5, 0.6) is 0 Å². The molecule has 2 aromatic heterocycles. The molecule has 0 saturated carbocycles. The summed E-state index contributed by atoms with van der Waals surface area (Å²) in [6, 6.07) is 10.6. The smallest absolute Gasteiger partial charge is 0.240 e. The lowest BCUT2D eigenvalue weighted by Crippen LogP contribution is -2.50. The largest absolute Gasteiger partial charge is 0.348 e. The second-order valence-electron chi connectivity index (χ2n) is 7.87. The van der Waals surface area contributed by atoms with Gasteiger partial charge < -0.3 is 15.5 Å². The third kappa shape index (κ3) is 3.78. The molecule has 0 radical (unpaired) electrons. The van der Waals surface area contributed by atoms with Crippen LogP contribution in [0, 0.1) is 0 Å². The van der Waals surface area contributed by atoms with Crippen LogP contribution >= 0.6 is 0 Å². The van der Waals surface area contributed by atoms with Gasteiger partial charge in [-0.2, -0.15) is 5.10 Å². The fourth-order valence-electron chi connectivity index (χ4n) is 3.94. The number of carbonyl (C=O) groups is 2. The predicted octanol–water partition coefficient (Wildman–Crippen LogP) is 1.52. The molecule has 1 fully saturated rings. The van der Waals surface area contributed by atoms with Gasteiger partial charge in [-0.3, -0.25) is 9.59 Å². The van der Waals surface area contributed by atoms with Gasteiger partial charge in [0.25, 0.3) is 0 Å². The molecule has 0 spiro atoms. The minimum absolute atomic E-state index is 0.159. The maximum atomic E-state index is 12.9. The number of amides is 2. The summed E-state index contributed by atoms with van der Waals surface area (Å²) in [4.78, 5) is 33.2. The van der Waals surface area contributed by atoms with Gasteiger partial charge in [-0.25, -0.2) is 9.50 Å². The third-order valence-corrected chi connectivity index (χ3v) is 5.65. The molecule has 2 amide bonds. The number of likely N-dealkylation sites (tertiary alicyclic amines) is 1. The summed E-state index contributed by atoms with van der Waals surface area (Å²) in [5.74, 6) is -1.06. The van der Waals surface area contributed by atoms with Crippen molar-refractivity contribution in [1.29, 1.82) is 0 Å². The van der Waals surface area contributed by atoms with Gasteiger partial charge in [0.1, 0.15) is 12.4 Å². The first kappa shape index (κ1) is 20.0. The summed E-state index contributed by atoms with van der Waals surface area (Å²) in [5.41, 5.74) is 9.82. The van der Waals surface area contributed by atoms with Crippen LogP contribution in [0.1, 0.15) is 24.3 Å². The van der Waals surface area contributed by atoms with E-state index in [2.05, 4.69) is 10.1 Å². The van der Waals surface area contributed by atoms with E-state index in [-0.39, 0.29) is 11.8 Å². The highest BCUT2D eigenvalue weighted by molar-refractivity contribution is 5.93. The highest BCUT2D eigenvalue weighted by Gasteiger charge is 2.36. The van der Waals surface area contributed by atoms with Crippen molar-refractivity contribution in [1.82, 2.24) is 24.4 Å². The van der Waals surface area contributed by atoms with Crippen molar-refractivity contribution in [3.63, 3.8) is 0 Å². The Morgan fingerprint density at radius 1 is 1.03 bits per heavy atom. The summed E-state index contributed by atoms with van der Waals surface area (Å²) in [6.45, 7) is 1.41. The molecule has 4 rings (SSSR count). The Kier molecular flexibility index (Phi) is 5.50. The van der Waals surface area contributed by atoms with E-state index in [0.717, 1.165) is 35.2 Å². The topological polar surface area (TPSA) is 96.8 Å². The number of rotatable bonds is 5. The van der Waals surface area contributed by atoms with Gasteiger partial charge in [-0.15, -0.1) is 0 Å². The number of hydrogen-bond acceptors (Lipinski definition) is 5. The number of benzene rings is 1. The van der Waals surface area contributed by atoms with Gasteiger partial charge in [-0.05, 0) is 36.1 Å². The van der Waals surface area contributed by atoms with Gasteiger partial charge in [0.05, 0.1) is 5.92 Å². The molecule has 1 aromatic carbocycles. The Morgan fingerprint density at radius 2 is 1.70 bits per heavy atom. The van der Waals surface area contributed by atoms with Crippen LogP contribution in [-0.2, 0) is 9.59 Å². The average Bonchev–Trinajstić information content (AvgIpc) is 3.45. The molecule has 2 N–H and O–H groups in total. The maximum Gasteiger partial charge on any atom is 0.240 e.